The number of nitrogens with two attached hydrogens (primary N) is 1. The topological polar surface area (TPSA) is 29.3 Å². The second-order valence-electron chi connectivity index (χ2n) is 4.20. The number of thiocarbonyl (C=S) groups is 1. The van der Waals surface area contributed by atoms with Gasteiger partial charge in [0.15, 0.2) is 11.6 Å². The molecule has 0 aliphatic carbocycles. The van der Waals surface area contributed by atoms with Crippen LogP contribution in [0.3, 0.4) is 0 Å². The minimum Gasteiger partial charge on any atom is -0.389 e. The van der Waals surface area contributed by atoms with Gasteiger partial charge in [-0.05, 0) is 31.2 Å². The molecule has 0 amide bonds. The standard InChI is InChI=1S/C15H14F2N2S/c1-2-19(10-6-4-3-5-7-10)12-9-8-11(15(18)20)13(16)14(12)17/h3-9H,2H2,1H3,(H2,18,20). The van der Waals surface area contributed by atoms with Gasteiger partial charge in [-0.15, -0.1) is 0 Å². The van der Waals surface area contributed by atoms with E-state index in [-0.39, 0.29) is 16.2 Å². The molecule has 2 aromatic carbocycles. The highest BCUT2D eigenvalue weighted by Crippen LogP contribution is 2.30. The van der Waals surface area contributed by atoms with Gasteiger partial charge in [-0.1, -0.05) is 30.4 Å². The van der Waals surface area contributed by atoms with E-state index in [0.717, 1.165) is 5.69 Å². The minimum atomic E-state index is -1.01. The highest BCUT2D eigenvalue weighted by molar-refractivity contribution is 7.80. The Bertz CT molecular complexity index is 629. The maximum Gasteiger partial charge on any atom is 0.183 e. The van der Waals surface area contributed by atoms with E-state index in [1.54, 1.807) is 4.90 Å². The zero-order valence-corrected chi connectivity index (χ0v) is 11.8. The lowest BCUT2D eigenvalue weighted by Gasteiger charge is -2.24. The van der Waals surface area contributed by atoms with Gasteiger partial charge in [0.25, 0.3) is 0 Å². The predicted molar refractivity (Wildman–Crippen MR) is 81.4 cm³/mol. The lowest BCUT2D eigenvalue weighted by molar-refractivity contribution is 0.507. The maximum atomic E-state index is 14.2. The van der Waals surface area contributed by atoms with Gasteiger partial charge in [0.1, 0.15) is 4.99 Å². The normalized spacial score (nSPS) is 10.3. The quantitative estimate of drug-likeness (QED) is 0.870. The first-order chi connectivity index (χ1) is 9.56. The average Bonchev–Trinajstić information content (AvgIpc) is 2.45. The van der Waals surface area contributed by atoms with E-state index in [9.17, 15) is 8.78 Å². The number of nitrogens with zero attached hydrogens (tertiary/aromatic N) is 1. The third-order valence-electron chi connectivity index (χ3n) is 3.00. The summed E-state index contributed by atoms with van der Waals surface area (Å²) >= 11 is 4.70. The minimum absolute atomic E-state index is 0.0784. The smallest absolute Gasteiger partial charge is 0.183 e. The van der Waals surface area contributed by atoms with Crippen LogP contribution >= 0.6 is 12.2 Å². The molecule has 0 bridgehead atoms. The Labute approximate surface area is 121 Å². The molecule has 2 nitrogen and oxygen atoms in total. The third-order valence-corrected chi connectivity index (χ3v) is 3.22. The molecule has 0 saturated heterocycles. The average molecular weight is 292 g/mol. The van der Waals surface area contributed by atoms with Crippen molar-refractivity contribution in [1.29, 1.82) is 0 Å². The lowest BCUT2D eigenvalue weighted by atomic mass is 10.1. The fourth-order valence-corrected chi connectivity index (χ4v) is 2.20. The summed E-state index contributed by atoms with van der Waals surface area (Å²) in [6.45, 7) is 2.37. The number of hydrogen-bond acceptors (Lipinski definition) is 2. The van der Waals surface area contributed by atoms with Crippen LogP contribution in [0.4, 0.5) is 20.2 Å². The predicted octanol–water partition coefficient (Wildman–Crippen LogP) is 3.76. The van der Waals surface area contributed by atoms with Crippen LogP contribution in [-0.4, -0.2) is 11.5 Å². The van der Waals surface area contributed by atoms with Crippen molar-refractivity contribution in [2.75, 3.05) is 11.4 Å². The van der Waals surface area contributed by atoms with Crippen molar-refractivity contribution >= 4 is 28.6 Å². The molecule has 0 spiro atoms. The van der Waals surface area contributed by atoms with Crippen LogP contribution in [0.15, 0.2) is 42.5 Å². The molecule has 2 aromatic rings. The van der Waals surface area contributed by atoms with Gasteiger partial charge in [0.05, 0.1) is 5.69 Å². The number of rotatable bonds is 4. The van der Waals surface area contributed by atoms with Crippen LogP contribution in [0, 0.1) is 11.6 Å². The summed E-state index contributed by atoms with van der Waals surface area (Å²) < 4.78 is 28.2. The van der Waals surface area contributed by atoms with E-state index in [4.69, 9.17) is 18.0 Å². The Morgan fingerprint density at radius 2 is 1.75 bits per heavy atom. The van der Waals surface area contributed by atoms with Crippen molar-refractivity contribution in [3.05, 3.63) is 59.7 Å². The van der Waals surface area contributed by atoms with Crippen LogP contribution in [0.25, 0.3) is 0 Å². The molecular weight excluding hydrogens is 278 g/mol. The van der Waals surface area contributed by atoms with Gasteiger partial charge in [-0.25, -0.2) is 8.78 Å². The Kier molecular flexibility index (Phi) is 4.29. The number of anilines is 2. The third kappa shape index (κ3) is 2.63. The molecular formula is C15H14F2N2S. The van der Waals surface area contributed by atoms with Gasteiger partial charge < -0.3 is 10.6 Å². The molecule has 5 heteroatoms. The number of halogens is 2. The summed E-state index contributed by atoms with van der Waals surface area (Å²) in [5.74, 6) is -1.95. The molecule has 0 atom stereocenters. The van der Waals surface area contributed by atoms with Crippen molar-refractivity contribution in [3.8, 4) is 0 Å². The summed E-state index contributed by atoms with van der Waals surface area (Å²) in [5.41, 5.74) is 6.24. The Balaban J connectivity index is 2.52. The highest BCUT2D eigenvalue weighted by atomic mass is 32.1. The Morgan fingerprint density at radius 3 is 2.30 bits per heavy atom. The van der Waals surface area contributed by atoms with Gasteiger partial charge in [-0.3, -0.25) is 0 Å². The monoisotopic (exact) mass is 292 g/mol. The first kappa shape index (κ1) is 14.4. The van der Waals surface area contributed by atoms with E-state index in [1.165, 1.54) is 12.1 Å². The highest BCUT2D eigenvalue weighted by Gasteiger charge is 2.19. The van der Waals surface area contributed by atoms with Crippen LogP contribution in [0.5, 0.6) is 0 Å². The molecule has 0 fully saturated rings. The first-order valence-electron chi connectivity index (χ1n) is 6.16. The van der Waals surface area contributed by atoms with E-state index in [2.05, 4.69) is 0 Å². The van der Waals surface area contributed by atoms with Crippen molar-refractivity contribution in [2.45, 2.75) is 6.92 Å². The van der Waals surface area contributed by atoms with E-state index in [1.807, 2.05) is 37.3 Å². The molecule has 0 aliphatic heterocycles. The number of benzene rings is 2. The van der Waals surface area contributed by atoms with Crippen LogP contribution in [0.2, 0.25) is 0 Å². The van der Waals surface area contributed by atoms with E-state index >= 15 is 0 Å². The summed E-state index contributed by atoms with van der Waals surface area (Å²) in [4.78, 5) is 1.53. The van der Waals surface area contributed by atoms with Gasteiger partial charge >= 0.3 is 0 Å². The van der Waals surface area contributed by atoms with Crippen LogP contribution in [0.1, 0.15) is 12.5 Å². The van der Waals surface area contributed by atoms with Gasteiger partial charge in [0.2, 0.25) is 0 Å². The van der Waals surface area contributed by atoms with E-state index < -0.39 is 11.6 Å². The Hall–Kier alpha value is -2.01. The van der Waals surface area contributed by atoms with Gasteiger partial charge in [-0.2, -0.15) is 0 Å². The fraction of sp³-hybridized carbons (Fsp3) is 0.133. The molecule has 0 aromatic heterocycles. The molecule has 2 N–H and O–H groups in total. The van der Waals surface area contributed by atoms with Crippen molar-refractivity contribution in [3.63, 3.8) is 0 Å². The lowest BCUT2D eigenvalue weighted by Crippen LogP contribution is -2.20. The Morgan fingerprint density at radius 1 is 1.10 bits per heavy atom. The summed E-state index contributed by atoms with van der Waals surface area (Å²) in [6.07, 6.45) is 0. The van der Waals surface area contributed by atoms with E-state index in [0.29, 0.717) is 6.54 Å². The fourth-order valence-electron chi connectivity index (χ4n) is 2.04. The molecule has 20 heavy (non-hydrogen) atoms. The molecule has 0 heterocycles. The van der Waals surface area contributed by atoms with Crippen molar-refractivity contribution in [2.24, 2.45) is 5.73 Å². The molecule has 0 unspecified atom stereocenters. The number of para-hydroxylation sites is 1. The van der Waals surface area contributed by atoms with Crippen LogP contribution in [-0.2, 0) is 0 Å². The molecule has 104 valence electrons. The van der Waals surface area contributed by atoms with Crippen molar-refractivity contribution in [1.82, 2.24) is 0 Å². The maximum absolute atomic E-state index is 14.2. The summed E-state index contributed by atoms with van der Waals surface area (Å²) in [5, 5.41) is 0. The molecule has 0 aliphatic rings. The largest absolute Gasteiger partial charge is 0.389 e. The summed E-state index contributed by atoms with van der Waals surface area (Å²) in [6, 6.07) is 12.1. The van der Waals surface area contributed by atoms with Gasteiger partial charge in [0, 0.05) is 17.8 Å². The molecule has 2 rings (SSSR count). The summed E-state index contributed by atoms with van der Waals surface area (Å²) in [7, 11) is 0. The number of hydrogen-bond donors (Lipinski definition) is 1. The van der Waals surface area contributed by atoms with Crippen LogP contribution < -0.4 is 10.6 Å². The first-order valence-corrected chi connectivity index (χ1v) is 6.57. The van der Waals surface area contributed by atoms with Crippen molar-refractivity contribution < 1.29 is 8.78 Å². The zero-order valence-electron chi connectivity index (χ0n) is 10.9. The zero-order chi connectivity index (χ0) is 14.7. The second kappa shape index (κ2) is 5.96. The molecule has 0 saturated carbocycles. The molecule has 0 radical (unpaired) electrons. The SMILES string of the molecule is CCN(c1ccccc1)c1ccc(C(N)=S)c(F)c1F. The second-order valence-corrected chi connectivity index (χ2v) is 4.64.